The Kier molecular flexibility index (Phi) is 3.76. The van der Waals surface area contributed by atoms with Gasteiger partial charge in [-0.2, -0.15) is 0 Å². The van der Waals surface area contributed by atoms with E-state index in [1.807, 2.05) is 18.4 Å². The Morgan fingerprint density at radius 3 is 2.94 bits per heavy atom. The SMILES string of the molecule is Cc1nc(C(=O)N(C)C(C)Cc2cccs2)n[nH]1. The second-order valence-corrected chi connectivity index (χ2v) is 5.33. The lowest BCUT2D eigenvalue weighted by Crippen LogP contribution is -2.36. The Balaban J connectivity index is 2.02. The number of carbonyl (C=O) groups is 1. The number of rotatable bonds is 4. The van der Waals surface area contributed by atoms with Gasteiger partial charge >= 0.3 is 0 Å². The molecule has 0 bridgehead atoms. The highest BCUT2D eigenvalue weighted by molar-refractivity contribution is 7.09. The van der Waals surface area contributed by atoms with Crippen LogP contribution in [0.2, 0.25) is 0 Å². The second kappa shape index (κ2) is 5.30. The van der Waals surface area contributed by atoms with E-state index in [9.17, 15) is 4.79 Å². The normalized spacial score (nSPS) is 12.4. The standard InChI is InChI=1S/C12H16N4OS/c1-8(7-10-5-4-6-18-10)16(3)12(17)11-13-9(2)14-15-11/h4-6,8H,7H2,1-3H3,(H,13,14,15). The van der Waals surface area contributed by atoms with Crippen molar-refractivity contribution in [3.8, 4) is 0 Å². The predicted octanol–water partition coefficient (Wildman–Crippen LogP) is 1.88. The van der Waals surface area contributed by atoms with Crippen molar-refractivity contribution in [2.24, 2.45) is 0 Å². The zero-order valence-corrected chi connectivity index (χ0v) is 11.5. The van der Waals surface area contributed by atoms with E-state index >= 15 is 0 Å². The maximum atomic E-state index is 12.1. The molecule has 0 radical (unpaired) electrons. The number of hydrogen-bond acceptors (Lipinski definition) is 4. The quantitative estimate of drug-likeness (QED) is 0.917. The van der Waals surface area contributed by atoms with Gasteiger partial charge in [0, 0.05) is 24.4 Å². The van der Waals surface area contributed by atoms with Gasteiger partial charge in [-0.05, 0) is 25.3 Å². The highest BCUT2D eigenvalue weighted by atomic mass is 32.1. The number of nitrogens with one attached hydrogen (secondary N) is 1. The van der Waals surface area contributed by atoms with E-state index in [-0.39, 0.29) is 17.8 Å². The van der Waals surface area contributed by atoms with Gasteiger partial charge in [0.15, 0.2) is 0 Å². The van der Waals surface area contributed by atoms with E-state index in [0.717, 1.165) is 6.42 Å². The lowest BCUT2D eigenvalue weighted by Gasteiger charge is -2.23. The molecule has 1 unspecified atom stereocenters. The first kappa shape index (κ1) is 12.8. The lowest BCUT2D eigenvalue weighted by atomic mass is 10.2. The number of carbonyl (C=O) groups excluding carboxylic acids is 1. The van der Waals surface area contributed by atoms with E-state index in [1.54, 1.807) is 30.2 Å². The van der Waals surface area contributed by atoms with Crippen LogP contribution in [-0.2, 0) is 6.42 Å². The molecule has 0 fully saturated rings. The molecular weight excluding hydrogens is 248 g/mol. The number of likely N-dealkylation sites (N-methyl/N-ethyl adjacent to an activating group) is 1. The Bertz CT molecular complexity index is 520. The van der Waals surface area contributed by atoms with E-state index < -0.39 is 0 Å². The van der Waals surface area contributed by atoms with Crippen LogP contribution >= 0.6 is 11.3 Å². The third-order valence-electron chi connectivity index (χ3n) is 2.85. The van der Waals surface area contributed by atoms with Crippen molar-refractivity contribution in [2.45, 2.75) is 26.3 Å². The Morgan fingerprint density at radius 2 is 2.39 bits per heavy atom. The van der Waals surface area contributed by atoms with Gasteiger partial charge in [0.05, 0.1) is 0 Å². The van der Waals surface area contributed by atoms with Crippen LogP contribution in [-0.4, -0.2) is 39.1 Å². The number of aromatic amines is 1. The van der Waals surface area contributed by atoms with Gasteiger partial charge in [-0.25, -0.2) is 4.98 Å². The van der Waals surface area contributed by atoms with Crippen molar-refractivity contribution in [3.05, 3.63) is 34.0 Å². The van der Waals surface area contributed by atoms with Crippen LogP contribution < -0.4 is 0 Å². The van der Waals surface area contributed by atoms with E-state index in [0.29, 0.717) is 5.82 Å². The van der Waals surface area contributed by atoms with Crippen LogP contribution in [0.4, 0.5) is 0 Å². The van der Waals surface area contributed by atoms with Crippen LogP contribution in [0.1, 0.15) is 28.2 Å². The number of nitrogens with zero attached hydrogens (tertiary/aromatic N) is 3. The van der Waals surface area contributed by atoms with Crippen LogP contribution in [0.5, 0.6) is 0 Å². The van der Waals surface area contributed by atoms with Crippen molar-refractivity contribution in [1.29, 1.82) is 0 Å². The first-order chi connectivity index (χ1) is 8.58. The van der Waals surface area contributed by atoms with Gasteiger partial charge in [-0.1, -0.05) is 6.07 Å². The molecule has 0 spiro atoms. The molecule has 0 saturated heterocycles. The summed E-state index contributed by atoms with van der Waals surface area (Å²) in [6, 6.07) is 4.22. The van der Waals surface area contributed by atoms with Crippen molar-refractivity contribution in [3.63, 3.8) is 0 Å². The minimum atomic E-state index is -0.150. The molecule has 2 rings (SSSR count). The molecule has 2 aromatic heterocycles. The largest absolute Gasteiger partial charge is 0.336 e. The molecule has 1 amide bonds. The van der Waals surface area contributed by atoms with Gasteiger partial charge < -0.3 is 4.90 Å². The summed E-state index contributed by atoms with van der Waals surface area (Å²) in [5, 5.41) is 8.62. The van der Waals surface area contributed by atoms with E-state index in [2.05, 4.69) is 21.2 Å². The molecule has 0 aromatic carbocycles. The molecular formula is C12H16N4OS. The zero-order valence-electron chi connectivity index (χ0n) is 10.7. The molecule has 0 aliphatic rings. The fourth-order valence-corrected chi connectivity index (χ4v) is 2.48. The molecule has 96 valence electrons. The maximum absolute atomic E-state index is 12.1. The number of aryl methyl sites for hydroxylation is 1. The van der Waals surface area contributed by atoms with Crippen molar-refractivity contribution in [2.75, 3.05) is 7.05 Å². The van der Waals surface area contributed by atoms with E-state index in [4.69, 9.17) is 0 Å². The third kappa shape index (κ3) is 2.76. The van der Waals surface area contributed by atoms with Crippen molar-refractivity contribution >= 4 is 17.2 Å². The molecule has 2 heterocycles. The minimum absolute atomic E-state index is 0.120. The Labute approximate surface area is 110 Å². The summed E-state index contributed by atoms with van der Waals surface area (Å²) in [6.45, 7) is 3.80. The van der Waals surface area contributed by atoms with Gasteiger partial charge in [0.2, 0.25) is 5.82 Å². The third-order valence-corrected chi connectivity index (χ3v) is 3.75. The smallest absolute Gasteiger partial charge is 0.293 e. The molecule has 18 heavy (non-hydrogen) atoms. The fourth-order valence-electron chi connectivity index (χ4n) is 1.65. The van der Waals surface area contributed by atoms with Crippen LogP contribution in [0, 0.1) is 6.92 Å². The highest BCUT2D eigenvalue weighted by Crippen LogP contribution is 2.14. The summed E-state index contributed by atoms with van der Waals surface area (Å²) in [5.74, 6) is 0.731. The first-order valence-electron chi connectivity index (χ1n) is 5.76. The number of amides is 1. The second-order valence-electron chi connectivity index (χ2n) is 4.29. The Morgan fingerprint density at radius 1 is 1.61 bits per heavy atom. The first-order valence-corrected chi connectivity index (χ1v) is 6.64. The highest BCUT2D eigenvalue weighted by Gasteiger charge is 2.21. The molecule has 0 saturated carbocycles. The summed E-state index contributed by atoms with van der Waals surface area (Å²) < 4.78 is 0. The lowest BCUT2D eigenvalue weighted by molar-refractivity contribution is 0.0732. The zero-order chi connectivity index (χ0) is 13.1. The molecule has 0 aliphatic heterocycles. The monoisotopic (exact) mass is 264 g/mol. The fraction of sp³-hybridized carbons (Fsp3) is 0.417. The van der Waals surface area contributed by atoms with Crippen molar-refractivity contribution in [1.82, 2.24) is 20.1 Å². The topological polar surface area (TPSA) is 61.9 Å². The minimum Gasteiger partial charge on any atom is -0.336 e. The predicted molar refractivity (Wildman–Crippen MR) is 70.7 cm³/mol. The molecule has 5 nitrogen and oxygen atoms in total. The summed E-state index contributed by atoms with van der Waals surface area (Å²) >= 11 is 1.70. The maximum Gasteiger partial charge on any atom is 0.293 e. The number of aromatic nitrogens is 3. The summed E-state index contributed by atoms with van der Waals surface area (Å²) in [4.78, 5) is 19.1. The van der Waals surface area contributed by atoms with Crippen LogP contribution in [0.15, 0.2) is 17.5 Å². The van der Waals surface area contributed by atoms with Crippen LogP contribution in [0.3, 0.4) is 0 Å². The summed E-state index contributed by atoms with van der Waals surface area (Å²) in [6.07, 6.45) is 0.851. The van der Waals surface area contributed by atoms with Gasteiger partial charge in [-0.15, -0.1) is 16.4 Å². The van der Waals surface area contributed by atoms with Gasteiger partial charge in [0.1, 0.15) is 5.82 Å². The molecule has 0 aliphatic carbocycles. The molecule has 1 N–H and O–H groups in total. The number of hydrogen-bond donors (Lipinski definition) is 1. The number of thiophene rings is 1. The molecule has 6 heteroatoms. The Hall–Kier alpha value is -1.69. The summed E-state index contributed by atoms with van der Waals surface area (Å²) in [5.41, 5.74) is 0. The molecule has 1 atom stereocenters. The average molecular weight is 264 g/mol. The van der Waals surface area contributed by atoms with Gasteiger partial charge in [-0.3, -0.25) is 9.89 Å². The van der Waals surface area contributed by atoms with Gasteiger partial charge in [0.25, 0.3) is 5.91 Å². The van der Waals surface area contributed by atoms with Crippen molar-refractivity contribution < 1.29 is 4.79 Å². The summed E-state index contributed by atoms with van der Waals surface area (Å²) in [7, 11) is 1.78. The van der Waals surface area contributed by atoms with E-state index in [1.165, 1.54) is 4.88 Å². The molecule has 2 aromatic rings. The van der Waals surface area contributed by atoms with Crippen LogP contribution in [0.25, 0.3) is 0 Å². The number of H-pyrrole nitrogens is 1. The average Bonchev–Trinajstić information content (AvgIpc) is 2.98.